The molecule has 134 valence electrons. The van der Waals surface area contributed by atoms with Gasteiger partial charge in [0.15, 0.2) is 0 Å². The van der Waals surface area contributed by atoms with E-state index in [2.05, 4.69) is 5.32 Å². The summed E-state index contributed by atoms with van der Waals surface area (Å²) in [4.78, 5) is 26.6. The highest BCUT2D eigenvalue weighted by Crippen LogP contribution is 2.48. The summed E-state index contributed by atoms with van der Waals surface area (Å²) in [6, 6.07) is 13.6. The third-order valence-electron chi connectivity index (χ3n) is 5.22. The van der Waals surface area contributed by atoms with Crippen LogP contribution in [-0.4, -0.2) is 29.8 Å². The third-order valence-corrected chi connectivity index (χ3v) is 5.22. The molecule has 2 unspecified atom stereocenters. The van der Waals surface area contributed by atoms with Crippen LogP contribution in [0.2, 0.25) is 0 Å². The lowest BCUT2D eigenvalue weighted by atomic mass is 10.1. The molecule has 2 aromatic rings. The number of halogens is 1. The molecule has 1 saturated carbocycles. The summed E-state index contributed by atoms with van der Waals surface area (Å²) in [5.41, 5.74) is 1.91. The predicted molar refractivity (Wildman–Crippen MR) is 97.5 cm³/mol. The van der Waals surface area contributed by atoms with E-state index in [1.54, 1.807) is 42.5 Å². The molecular weight excluding hydrogens is 331 g/mol. The fraction of sp³-hybridized carbons (Fsp3) is 0.333. The van der Waals surface area contributed by atoms with Crippen molar-refractivity contribution in [3.05, 3.63) is 65.5 Å². The minimum atomic E-state index is -0.252. The molecule has 2 fully saturated rings. The van der Waals surface area contributed by atoms with E-state index < -0.39 is 0 Å². The number of nitrogens with one attached hydrogen (secondary N) is 1. The zero-order chi connectivity index (χ0) is 18.1. The van der Waals surface area contributed by atoms with Gasteiger partial charge in [-0.15, -0.1) is 0 Å². The highest BCUT2D eigenvalue weighted by molar-refractivity contribution is 5.97. The van der Waals surface area contributed by atoms with E-state index in [9.17, 15) is 14.0 Å². The minimum Gasteiger partial charge on any atom is -0.339 e. The lowest BCUT2D eigenvalue weighted by Crippen LogP contribution is -2.27. The number of carbonyl (C=O) groups is 2. The first-order chi connectivity index (χ1) is 12.6. The van der Waals surface area contributed by atoms with Crippen LogP contribution in [0.1, 0.15) is 41.1 Å². The minimum absolute atomic E-state index is 0.0437. The van der Waals surface area contributed by atoms with Crippen molar-refractivity contribution < 1.29 is 14.0 Å². The molecule has 2 amide bonds. The topological polar surface area (TPSA) is 49.4 Å². The van der Waals surface area contributed by atoms with E-state index >= 15 is 0 Å². The number of anilines is 1. The van der Waals surface area contributed by atoms with Gasteiger partial charge in [-0.3, -0.25) is 9.59 Å². The van der Waals surface area contributed by atoms with Gasteiger partial charge < -0.3 is 10.2 Å². The quantitative estimate of drug-likeness (QED) is 0.910. The largest absolute Gasteiger partial charge is 0.339 e. The molecule has 1 aliphatic carbocycles. The SMILES string of the molecule is O=C(Nc1ccc(C(=O)N2CCCC2)cc1)C1CC1c1ccccc1F. The number of amides is 2. The van der Waals surface area contributed by atoms with E-state index in [4.69, 9.17) is 0 Å². The van der Waals surface area contributed by atoms with Crippen molar-refractivity contribution in [2.75, 3.05) is 18.4 Å². The number of benzene rings is 2. The summed E-state index contributed by atoms with van der Waals surface area (Å²) in [5.74, 6) is -0.554. The Hall–Kier alpha value is -2.69. The molecule has 1 N–H and O–H groups in total. The molecule has 2 atom stereocenters. The van der Waals surface area contributed by atoms with E-state index in [-0.39, 0.29) is 29.5 Å². The van der Waals surface area contributed by atoms with E-state index in [0.29, 0.717) is 23.2 Å². The van der Waals surface area contributed by atoms with Gasteiger partial charge in [-0.05, 0) is 61.1 Å². The zero-order valence-electron chi connectivity index (χ0n) is 14.5. The van der Waals surface area contributed by atoms with Crippen molar-refractivity contribution in [1.82, 2.24) is 4.90 Å². The monoisotopic (exact) mass is 352 g/mol. The molecule has 1 aliphatic heterocycles. The molecule has 1 heterocycles. The van der Waals surface area contributed by atoms with Crippen molar-refractivity contribution in [2.45, 2.75) is 25.2 Å². The van der Waals surface area contributed by atoms with Crippen LogP contribution in [0.4, 0.5) is 10.1 Å². The van der Waals surface area contributed by atoms with E-state index in [1.165, 1.54) is 6.07 Å². The van der Waals surface area contributed by atoms with Gasteiger partial charge in [0.1, 0.15) is 5.82 Å². The third kappa shape index (κ3) is 3.34. The Balaban J connectivity index is 1.37. The number of hydrogen-bond acceptors (Lipinski definition) is 2. The Bertz CT molecular complexity index is 828. The van der Waals surface area contributed by atoms with Crippen molar-refractivity contribution in [3.63, 3.8) is 0 Å². The van der Waals surface area contributed by atoms with Crippen LogP contribution in [-0.2, 0) is 4.79 Å². The number of rotatable bonds is 4. The van der Waals surface area contributed by atoms with E-state index in [0.717, 1.165) is 25.9 Å². The fourth-order valence-electron chi connectivity index (χ4n) is 3.64. The summed E-state index contributed by atoms with van der Waals surface area (Å²) >= 11 is 0. The van der Waals surface area contributed by atoms with Crippen molar-refractivity contribution >= 4 is 17.5 Å². The zero-order valence-corrected chi connectivity index (χ0v) is 14.5. The average molecular weight is 352 g/mol. The Kier molecular flexibility index (Phi) is 4.45. The van der Waals surface area contributed by atoms with Crippen molar-refractivity contribution in [2.24, 2.45) is 5.92 Å². The van der Waals surface area contributed by atoms with Crippen LogP contribution in [0.15, 0.2) is 48.5 Å². The standard InChI is InChI=1S/C21H21FN2O2/c22-19-6-2-1-5-16(19)17-13-18(17)20(25)23-15-9-7-14(8-10-15)21(26)24-11-3-4-12-24/h1-2,5-10,17-18H,3-4,11-13H2,(H,23,25). The Morgan fingerprint density at radius 2 is 1.69 bits per heavy atom. The van der Waals surface area contributed by atoms with Gasteiger partial charge in [-0.2, -0.15) is 0 Å². The maximum Gasteiger partial charge on any atom is 0.253 e. The lowest BCUT2D eigenvalue weighted by Gasteiger charge is -2.15. The molecule has 26 heavy (non-hydrogen) atoms. The normalized spacial score (nSPS) is 21.5. The van der Waals surface area contributed by atoms with Gasteiger partial charge >= 0.3 is 0 Å². The smallest absolute Gasteiger partial charge is 0.253 e. The fourth-order valence-corrected chi connectivity index (χ4v) is 3.64. The van der Waals surface area contributed by atoms with Gasteiger partial charge in [0.05, 0.1) is 0 Å². The number of hydrogen-bond donors (Lipinski definition) is 1. The molecule has 0 bridgehead atoms. The maximum atomic E-state index is 13.8. The molecule has 2 aliphatic rings. The summed E-state index contributed by atoms with van der Waals surface area (Å²) < 4.78 is 13.8. The van der Waals surface area contributed by atoms with Crippen molar-refractivity contribution in [3.8, 4) is 0 Å². The maximum absolute atomic E-state index is 13.8. The summed E-state index contributed by atoms with van der Waals surface area (Å²) in [6.07, 6.45) is 2.78. The first-order valence-electron chi connectivity index (χ1n) is 9.08. The molecule has 0 radical (unpaired) electrons. The summed E-state index contributed by atoms with van der Waals surface area (Å²) in [7, 11) is 0. The number of likely N-dealkylation sites (tertiary alicyclic amines) is 1. The van der Waals surface area contributed by atoms with Crippen LogP contribution in [0.3, 0.4) is 0 Å². The molecular formula is C21H21FN2O2. The number of nitrogens with zero attached hydrogens (tertiary/aromatic N) is 1. The van der Waals surface area contributed by atoms with Crippen LogP contribution in [0, 0.1) is 11.7 Å². The Labute approximate surface area is 152 Å². The second-order valence-electron chi connectivity index (χ2n) is 7.04. The van der Waals surface area contributed by atoms with Crippen LogP contribution in [0.5, 0.6) is 0 Å². The molecule has 4 rings (SSSR count). The molecule has 1 saturated heterocycles. The lowest BCUT2D eigenvalue weighted by molar-refractivity contribution is -0.117. The average Bonchev–Trinajstić information content (AvgIpc) is 3.26. The molecule has 0 aromatic heterocycles. The predicted octanol–water partition coefficient (Wildman–Crippen LogP) is 3.80. The van der Waals surface area contributed by atoms with E-state index in [1.807, 2.05) is 4.90 Å². The number of carbonyl (C=O) groups excluding carboxylic acids is 2. The summed E-state index contributed by atoms with van der Waals surface area (Å²) in [6.45, 7) is 1.63. The first-order valence-corrected chi connectivity index (χ1v) is 9.08. The van der Waals surface area contributed by atoms with Gasteiger partial charge in [0.2, 0.25) is 5.91 Å². The summed E-state index contributed by atoms with van der Waals surface area (Å²) in [5, 5.41) is 2.87. The second kappa shape index (κ2) is 6.90. The van der Waals surface area contributed by atoms with Crippen LogP contribution < -0.4 is 5.32 Å². The van der Waals surface area contributed by atoms with Gasteiger partial charge in [0, 0.05) is 30.3 Å². The van der Waals surface area contributed by atoms with Crippen LogP contribution in [0.25, 0.3) is 0 Å². The first kappa shape index (κ1) is 16.8. The van der Waals surface area contributed by atoms with Crippen molar-refractivity contribution in [1.29, 1.82) is 0 Å². The molecule has 4 nitrogen and oxygen atoms in total. The molecule has 2 aromatic carbocycles. The Morgan fingerprint density at radius 3 is 2.38 bits per heavy atom. The highest BCUT2D eigenvalue weighted by Gasteiger charge is 2.45. The van der Waals surface area contributed by atoms with Gasteiger partial charge in [0.25, 0.3) is 5.91 Å². The van der Waals surface area contributed by atoms with Gasteiger partial charge in [-0.1, -0.05) is 18.2 Å². The molecule has 5 heteroatoms. The van der Waals surface area contributed by atoms with Crippen LogP contribution >= 0.6 is 0 Å². The molecule has 0 spiro atoms. The highest BCUT2D eigenvalue weighted by atomic mass is 19.1. The van der Waals surface area contributed by atoms with Gasteiger partial charge in [-0.25, -0.2) is 4.39 Å². The second-order valence-corrected chi connectivity index (χ2v) is 7.04. The Morgan fingerprint density at radius 1 is 1.00 bits per heavy atom.